The van der Waals surface area contributed by atoms with E-state index in [1.807, 2.05) is 0 Å². The van der Waals surface area contributed by atoms with Crippen molar-refractivity contribution in [3.8, 4) is 0 Å². The molecule has 0 saturated carbocycles. The van der Waals surface area contributed by atoms with Crippen molar-refractivity contribution in [3.05, 3.63) is 0 Å². The van der Waals surface area contributed by atoms with Gasteiger partial charge in [-0.05, 0) is 60.6 Å². The fourth-order valence-corrected chi connectivity index (χ4v) is 10.1. The first-order chi connectivity index (χ1) is 9.42. The summed E-state index contributed by atoms with van der Waals surface area (Å²) >= 11 is 0. The smallest absolute Gasteiger partial charge is 0.0238 e. The zero-order valence-corrected chi connectivity index (χ0v) is 17.2. The molecule has 0 spiro atoms. The van der Waals surface area contributed by atoms with E-state index < -0.39 is 0 Å². The van der Waals surface area contributed by atoms with Gasteiger partial charge < -0.3 is 0 Å². The zero-order chi connectivity index (χ0) is 15.7. The molecule has 0 aromatic heterocycles. The highest BCUT2D eigenvalue weighted by Crippen LogP contribution is 2.55. The van der Waals surface area contributed by atoms with E-state index in [0.29, 0.717) is 0 Å². The summed E-state index contributed by atoms with van der Waals surface area (Å²) in [7, 11) is 0.482. The molecular weight excluding hydrogens is 278 g/mol. The molecule has 0 nitrogen and oxygen atoms in total. The van der Waals surface area contributed by atoms with Crippen molar-refractivity contribution in [2.45, 2.75) is 104 Å². The molecule has 0 aliphatic rings. The third kappa shape index (κ3) is 6.75. The lowest BCUT2D eigenvalue weighted by atomic mass is 10.4. The quantitative estimate of drug-likeness (QED) is 0.355. The Morgan fingerprint density at radius 2 is 0.700 bits per heavy atom. The monoisotopic (exact) mass is 318 g/mol. The van der Waals surface area contributed by atoms with Gasteiger partial charge in [-0.1, -0.05) is 55.4 Å². The van der Waals surface area contributed by atoms with Crippen LogP contribution in [0, 0.1) is 0 Å². The minimum Gasteiger partial charge on any atom is -0.101 e. The van der Waals surface area contributed by atoms with Crippen molar-refractivity contribution < 1.29 is 0 Å². The van der Waals surface area contributed by atoms with Crippen molar-refractivity contribution in [1.29, 1.82) is 0 Å². The average molecular weight is 318 g/mol. The summed E-state index contributed by atoms with van der Waals surface area (Å²) in [5, 5.41) is 0. The van der Waals surface area contributed by atoms with Gasteiger partial charge in [-0.3, -0.25) is 0 Å². The van der Waals surface area contributed by atoms with Crippen molar-refractivity contribution >= 4 is 15.8 Å². The van der Waals surface area contributed by atoms with E-state index in [9.17, 15) is 0 Å². The molecule has 4 atom stereocenters. The van der Waals surface area contributed by atoms with Gasteiger partial charge in [-0.15, -0.1) is 15.8 Å². The molecule has 0 radical (unpaired) electrons. The maximum Gasteiger partial charge on any atom is -0.0238 e. The zero-order valence-electron chi connectivity index (χ0n) is 15.4. The summed E-state index contributed by atoms with van der Waals surface area (Å²) in [5.74, 6) is 0. The molecule has 0 bridgehead atoms. The van der Waals surface area contributed by atoms with Crippen LogP contribution in [0.1, 0.15) is 81.1 Å². The van der Waals surface area contributed by atoms with Crippen LogP contribution in [0.15, 0.2) is 0 Å². The summed E-state index contributed by atoms with van der Waals surface area (Å²) in [6, 6.07) is 0. The van der Waals surface area contributed by atoms with Crippen LogP contribution in [0.5, 0.6) is 0 Å². The summed E-state index contributed by atoms with van der Waals surface area (Å²) in [4.78, 5) is 0. The number of hydrogen-bond acceptors (Lipinski definition) is 0. The average Bonchev–Trinajstić information content (AvgIpc) is 2.48. The maximum atomic E-state index is 2.51. The predicted octanol–water partition coefficient (Wildman–Crippen LogP) is 7.14. The highest BCUT2D eigenvalue weighted by molar-refractivity contribution is 7.63. The Morgan fingerprint density at radius 3 is 0.850 bits per heavy atom. The Kier molecular flexibility index (Phi) is 11.9. The molecule has 4 unspecified atom stereocenters. The van der Waals surface area contributed by atoms with Crippen LogP contribution in [0.2, 0.25) is 0 Å². The normalized spacial score (nSPS) is 21.0. The Labute approximate surface area is 132 Å². The second kappa shape index (κ2) is 11.4. The molecule has 20 heavy (non-hydrogen) atoms. The van der Waals surface area contributed by atoms with Crippen molar-refractivity contribution in [2.24, 2.45) is 0 Å². The minimum absolute atomic E-state index is 0.241. The third-order valence-corrected chi connectivity index (χ3v) is 13.1. The molecule has 0 amide bonds. The summed E-state index contributed by atoms with van der Waals surface area (Å²) in [6.45, 7) is 19.6. The standard InChI is InChI=1S/C18H40P2/c1-9-15(5)19(16(6)10-2)13-14-20(17(7)11-3)18(8)12-4/h15-18H,9-14H2,1-8H3. The molecule has 0 rings (SSSR count). The summed E-state index contributed by atoms with van der Waals surface area (Å²) < 4.78 is 0. The van der Waals surface area contributed by atoms with Gasteiger partial charge >= 0.3 is 0 Å². The Hall–Kier alpha value is 0.860. The van der Waals surface area contributed by atoms with Gasteiger partial charge in [0.1, 0.15) is 0 Å². The fourth-order valence-electron chi connectivity index (χ4n) is 2.92. The van der Waals surface area contributed by atoms with Gasteiger partial charge in [-0.2, -0.15) is 0 Å². The van der Waals surface area contributed by atoms with Crippen molar-refractivity contribution in [1.82, 2.24) is 0 Å². The van der Waals surface area contributed by atoms with Crippen LogP contribution in [0.3, 0.4) is 0 Å². The molecule has 0 aliphatic heterocycles. The van der Waals surface area contributed by atoms with Crippen LogP contribution < -0.4 is 0 Å². The van der Waals surface area contributed by atoms with E-state index in [4.69, 9.17) is 0 Å². The summed E-state index contributed by atoms with van der Waals surface area (Å²) in [6.07, 6.45) is 8.59. The van der Waals surface area contributed by atoms with Crippen LogP contribution in [0.4, 0.5) is 0 Å². The van der Waals surface area contributed by atoms with Crippen molar-refractivity contribution in [2.75, 3.05) is 12.3 Å². The second-order valence-electron chi connectivity index (χ2n) is 6.50. The topological polar surface area (TPSA) is 0 Å². The van der Waals surface area contributed by atoms with Crippen LogP contribution >= 0.6 is 15.8 Å². The molecular formula is C18H40P2. The van der Waals surface area contributed by atoms with Gasteiger partial charge in [0.05, 0.1) is 0 Å². The highest BCUT2D eigenvalue weighted by Gasteiger charge is 2.25. The lowest BCUT2D eigenvalue weighted by molar-refractivity contribution is 0.821. The van der Waals surface area contributed by atoms with Gasteiger partial charge in [0.25, 0.3) is 0 Å². The molecule has 0 saturated heterocycles. The van der Waals surface area contributed by atoms with Gasteiger partial charge in [-0.25, -0.2) is 0 Å². The largest absolute Gasteiger partial charge is 0.101 e. The van der Waals surface area contributed by atoms with Crippen molar-refractivity contribution in [3.63, 3.8) is 0 Å². The van der Waals surface area contributed by atoms with Crippen LogP contribution in [-0.4, -0.2) is 35.0 Å². The first-order valence-corrected chi connectivity index (χ1v) is 12.3. The van der Waals surface area contributed by atoms with E-state index in [-0.39, 0.29) is 15.8 Å². The van der Waals surface area contributed by atoms with Gasteiger partial charge in [0.2, 0.25) is 0 Å². The van der Waals surface area contributed by atoms with E-state index in [1.165, 1.54) is 25.7 Å². The van der Waals surface area contributed by atoms with Crippen LogP contribution in [-0.2, 0) is 0 Å². The number of rotatable bonds is 11. The summed E-state index contributed by atoms with van der Waals surface area (Å²) in [5.41, 5.74) is 3.85. The molecule has 0 aromatic carbocycles. The highest BCUT2D eigenvalue weighted by atomic mass is 31.1. The molecule has 0 aromatic rings. The Morgan fingerprint density at radius 1 is 0.500 bits per heavy atom. The van der Waals surface area contributed by atoms with Crippen LogP contribution in [0.25, 0.3) is 0 Å². The first-order valence-electron chi connectivity index (χ1n) is 8.94. The van der Waals surface area contributed by atoms with Gasteiger partial charge in [0, 0.05) is 0 Å². The fraction of sp³-hybridized carbons (Fsp3) is 1.00. The number of hydrogen-bond donors (Lipinski definition) is 0. The van der Waals surface area contributed by atoms with E-state index in [0.717, 1.165) is 22.6 Å². The lowest BCUT2D eigenvalue weighted by Gasteiger charge is -2.34. The lowest BCUT2D eigenvalue weighted by Crippen LogP contribution is -2.17. The Bertz CT molecular complexity index is 185. The maximum absolute atomic E-state index is 2.51. The molecule has 2 heteroatoms. The first kappa shape index (κ1) is 20.9. The molecule has 0 N–H and O–H groups in total. The van der Waals surface area contributed by atoms with E-state index in [2.05, 4.69) is 55.4 Å². The minimum atomic E-state index is 0.241. The molecule has 0 fully saturated rings. The molecule has 122 valence electrons. The molecule has 0 heterocycles. The van der Waals surface area contributed by atoms with E-state index >= 15 is 0 Å². The molecule has 0 aliphatic carbocycles. The van der Waals surface area contributed by atoms with E-state index in [1.54, 1.807) is 12.3 Å². The SMILES string of the molecule is CCC(C)P(CCP(C(C)CC)C(C)CC)C(C)CC. The second-order valence-corrected chi connectivity index (χ2v) is 13.0. The third-order valence-electron chi connectivity index (χ3n) is 5.24. The Balaban J connectivity index is 4.68. The predicted molar refractivity (Wildman–Crippen MR) is 103 cm³/mol. The van der Waals surface area contributed by atoms with Gasteiger partial charge in [0.15, 0.2) is 0 Å².